The van der Waals surface area contributed by atoms with Gasteiger partial charge in [-0.15, -0.1) is 15.3 Å². The minimum Gasteiger partial charge on any atom is -0.489 e. The summed E-state index contributed by atoms with van der Waals surface area (Å²) in [7, 11) is 0. The quantitative estimate of drug-likeness (QED) is 0.634. The molecule has 0 atom stereocenters. The molecular formula is C23H29N7O2. The zero-order valence-corrected chi connectivity index (χ0v) is 18.2. The number of aromatic nitrogens is 5. The molecule has 0 spiro atoms. The Morgan fingerprint density at radius 1 is 1.09 bits per heavy atom. The van der Waals surface area contributed by atoms with Crippen molar-refractivity contribution < 1.29 is 9.53 Å². The molecule has 3 aromatic rings. The van der Waals surface area contributed by atoms with Crippen LogP contribution in [0.4, 0.5) is 11.6 Å². The third kappa shape index (κ3) is 4.66. The van der Waals surface area contributed by atoms with Gasteiger partial charge in [0.2, 0.25) is 5.91 Å². The lowest BCUT2D eigenvalue weighted by Crippen LogP contribution is -2.38. The Hall–Kier alpha value is -3.23. The summed E-state index contributed by atoms with van der Waals surface area (Å²) in [5.41, 5.74) is 0.722. The molecule has 1 aliphatic heterocycles. The highest BCUT2D eigenvalue weighted by atomic mass is 16.5. The van der Waals surface area contributed by atoms with Gasteiger partial charge in [0.15, 0.2) is 17.2 Å². The van der Waals surface area contributed by atoms with Gasteiger partial charge in [0.25, 0.3) is 0 Å². The standard InChI is InChI=1S/C23H29N7O2/c31-23(26-22-19(7-4-12-24-22)32-15-17-5-2-1-3-6-17)18-10-13-29(14-11-18)21-9-8-20-27-25-16-30(20)28-21/h4,7-9,12,16-18H,1-3,5-6,10-11,13-15H2,(H,24,26,31). The normalized spacial score (nSPS) is 18.1. The van der Waals surface area contributed by atoms with Crippen LogP contribution < -0.4 is 15.0 Å². The largest absolute Gasteiger partial charge is 0.489 e. The molecule has 1 amide bonds. The predicted octanol–water partition coefficient (Wildman–Crippen LogP) is 3.33. The molecule has 2 aliphatic rings. The molecule has 168 valence electrons. The van der Waals surface area contributed by atoms with Crippen molar-refractivity contribution in [3.63, 3.8) is 0 Å². The summed E-state index contributed by atoms with van der Waals surface area (Å²) in [6, 6.07) is 7.60. The van der Waals surface area contributed by atoms with Crippen LogP contribution in [0.2, 0.25) is 0 Å². The number of carbonyl (C=O) groups is 1. The van der Waals surface area contributed by atoms with E-state index >= 15 is 0 Å². The van der Waals surface area contributed by atoms with Crippen molar-refractivity contribution in [2.24, 2.45) is 11.8 Å². The minimum atomic E-state index is -0.0573. The summed E-state index contributed by atoms with van der Waals surface area (Å²) in [5.74, 6) is 2.61. The fraction of sp³-hybridized carbons (Fsp3) is 0.522. The van der Waals surface area contributed by atoms with Crippen LogP contribution in [0.25, 0.3) is 5.65 Å². The van der Waals surface area contributed by atoms with Gasteiger partial charge >= 0.3 is 0 Å². The summed E-state index contributed by atoms with van der Waals surface area (Å²) in [5, 5.41) is 15.4. The van der Waals surface area contributed by atoms with E-state index < -0.39 is 0 Å². The summed E-state index contributed by atoms with van der Waals surface area (Å²) in [6.45, 7) is 2.23. The van der Waals surface area contributed by atoms with E-state index in [4.69, 9.17) is 4.74 Å². The second-order valence-corrected chi connectivity index (χ2v) is 8.74. The summed E-state index contributed by atoms with van der Waals surface area (Å²) < 4.78 is 7.73. The first-order valence-corrected chi connectivity index (χ1v) is 11.6. The van der Waals surface area contributed by atoms with Crippen LogP contribution in [0.1, 0.15) is 44.9 Å². The van der Waals surface area contributed by atoms with Crippen LogP contribution in [-0.4, -0.2) is 50.4 Å². The van der Waals surface area contributed by atoms with Gasteiger partial charge < -0.3 is 15.0 Å². The van der Waals surface area contributed by atoms with Gasteiger partial charge in [-0.2, -0.15) is 4.52 Å². The number of fused-ring (bicyclic) bond motifs is 1. The van der Waals surface area contributed by atoms with Gasteiger partial charge in [-0.05, 0) is 55.9 Å². The van der Waals surface area contributed by atoms with E-state index in [9.17, 15) is 4.79 Å². The van der Waals surface area contributed by atoms with Crippen molar-refractivity contribution in [1.29, 1.82) is 0 Å². The average molecular weight is 436 g/mol. The van der Waals surface area contributed by atoms with E-state index in [-0.39, 0.29) is 11.8 Å². The number of amides is 1. The smallest absolute Gasteiger partial charge is 0.228 e. The molecule has 1 saturated heterocycles. The van der Waals surface area contributed by atoms with Gasteiger partial charge in [0, 0.05) is 25.2 Å². The third-order valence-electron chi connectivity index (χ3n) is 6.55. The van der Waals surface area contributed by atoms with E-state index in [0.717, 1.165) is 37.4 Å². The second-order valence-electron chi connectivity index (χ2n) is 8.74. The Bertz CT molecular complexity index is 1060. The minimum absolute atomic E-state index is 0.00749. The van der Waals surface area contributed by atoms with Crippen molar-refractivity contribution in [2.45, 2.75) is 44.9 Å². The number of rotatable bonds is 6. The lowest BCUT2D eigenvalue weighted by Gasteiger charge is -2.32. The molecule has 1 aliphatic carbocycles. The number of hydrogen-bond acceptors (Lipinski definition) is 7. The van der Waals surface area contributed by atoms with E-state index in [1.807, 2.05) is 24.3 Å². The van der Waals surface area contributed by atoms with Crippen LogP contribution in [0.3, 0.4) is 0 Å². The second kappa shape index (κ2) is 9.50. The molecule has 0 aromatic carbocycles. The van der Waals surface area contributed by atoms with Gasteiger partial charge in [0.1, 0.15) is 12.1 Å². The molecule has 0 bridgehead atoms. The molecule has 4 heterocycles. The predicted molar refractivity (Wildman–Crippen MR) is 121 cm³/mol. The van der Waals surface area contributed by atoms with Crippen molar-refractivity contribution >= 4 is 23.2 Å². The molecule has 5 rings (SSSR count). The van der Waals surface area contributed by atoms with Gasteiger partial charge in [-0.25, -0.2) is 4.98 Å². The molecule has 2 fully saturated rings. The highest BCUT2D eigenvalue weighted by Gasteiger charge is 2.27. The number of hydrogen-bond donors (Lipinski definition) is 1. The van der Waals surface area contributed by atoms with Crippen LogP contribution in [-0.2, 0) is 4.79 Å². The number of ether oxygens (including phenoxy) is 1. The number of nitrogens with zero attached hydrogens (tertiary/aromatic N) is 6. The zero-order chi connectivity index (χ0) is 21.8. The third-order valence-corrected chi connectivity index (χ3v) is 6.55. The molecule has 0 radical (unpaired) electrons. The molecule has 9 nitrogen and oxygen atoms in total. The Balaban J connectivity index is 1.16. The molecule has 3 aromatic heterocycles. The van der Waals surface area contributed by atoms with Crippen molar-refractivity contribution in [1.82, 2.24) is 24.8 Å². The summed E-state index contributed by atoms with van der Waals surface area (Å²) in [4.78, 5) is 19.5. The fourth-order valence-electron chi connectivity index (χ4n) is 4.64. The number of piperidine rings is 1. The maximum atomic E-state index is 12.9. The lowest BCUT2D eigenvalue weighted by molar-refractivity contribution is -0.120. The Kier molecular flexibility index (Phi) is 6.13. The first kappa shape index (κ1) is 20.7. The SMILES string of the molecule is O=C(Nc1ncccc1OCC1CCCCC1)C1CCN(c2ccc3nncn3n2)CC1. The van der Waals surface area contributed by atoms with Crippen LogP contribution >= 0.6 is 0 Å². The first-order valence-electron chi connectivity index (χ1n) is 11.6. The number of anilines is 2. The molecule has 32 heavy (non-hydrogen) atoms. The Morgan fingerprint density at radius 2 is 1.94 bits per heavy atom. The maximum absolute atomic E-state index is 12.9. The Morgan fingerprint density at radius 3 is 2.78 bits per heavy atom. The number of nitrogens with one attached hydrogen (secondary N) is 1. The van der Waals surface area contributed by atoms with Crippen LogP contribution in [0.15, 0.2) is 36.8 Å². The molecule has 9 heteroatoms. The van der Waals surface area contributed by atoms with E-state index in [2.05, 4.69) is 30.5 Å². The molecule has 1 saturated carbocycles. The van der Waals surface area contributed by atoms with E-state index in [1.54, 1.807) is 17.0 Å². The Labute approximate surface area is 187 Å². The highest BCUT2D eigenvalue weighted by molar-refractivity contribution is 5.93. The lowest BCUT2D eigenvalue weighted by atomic mass is 9.90. The first-order chi connectivity index (χ1) is 15.8. The van der Waals surface area contributed by atoms with Crippen molar-refractivity contribution in [3.05, 3.63) is 36.8 Å². The van der Waals surface area contributed by atoms with Gasteiger partial charge in [-0.1, -0.05) is 19.3 Å². The fourth-order valence-corrected chi connectivity index (χ4v) is 4.64. The van der Waals surface area contributed by atoms with Crippen molar-refractivity contribution in [3.8, 4) is 5.75 Å². The summed E-state index contributed by atoms with van der Waals surface area (Å²) >= 11 is 0. The maximum Gasteiger partial charge on any atom is 0.228 e. The average Bonchev–Trinajstić information content (AvgIpc) is 3.32. The number of carbonyl (C=O) groups excluding carboxylic acids is 1. The van der Waals surface area contributed by atoms with E-state index in [1.165, 1.54) is 32.1 Å². The highest BCUT2D eigenvalue weighted by Crippen LogP contribution is 2.28. The van der Waals surface area contributed by atoms with E-state index in [0.29, 0.717) is 24.1 Å². The van der Waals surface area contributed by atoms with Gasteiger partial charge in [-0.3, -0.25) is 4.79 Å². The molecular weight excluding hydrogens is 406 g/mol. The summed E-state index contributed by atoms with van der Waals surface area (Å²) in [6.07, 6.45) is 11.2. The molecule has 1 N–H and O–H groups in total. The van der Waals surface area contributed by atoms with Crippen molar-refractivity contribution in [2.75, 3.05) is 29.9 Å². The van der Waals surface area contributed by atoms with Crippen LogP contribution in [0.5, 0.6) is 5.75 Å². The van der Waals surface area contributed by atoms with Gasteiger partial charge in [0.05, 0.1) is 6.61 Å². The monoisotopic (exact) mass is 435 g/mol. The zero-order valence-electron chi connectivity index (χ0n) is 18.2. The van der Waals surface area contributed by atoms with Crippen LogP contribution in [0, 0.1) is 11.8 Å². The topological polar surface area (TPSA) is 97.5 Å². The molecule has 0 unspecified atom stereocenters. The number of pyridine rings is 1.